The normalized spacial score (nSPS) is 35.6. The van der Waals surface area contributed by atoms with Crippen molar-refractivity contribution in [3.8, 4) is 0 Å². The molecule has 2 rings (SSSR count). The third-order valence-electron chi connectivity index (χ3n) is 7.29. The molecule has 0 amide bonds. The number of nitrogens with zero attached hydrogens (tertiary/aromatic N) is 1. The fourth-order valence-electron chi connectivity index (χ4n) is 5.04. The first-order valence-electron chi connectivity index (χ1n) is 9.33. The highest BCUT2D eigenvalue weighted by molar-refractivity contribution is 5.13. The Labute approximate surface area is 133 Å². The Bertz CT molecular complexity index is 334. The SMILES string of the molecule is CCN(CC)CCCC(C)NC1CC2CCC1(C)C2(C)C. The lowest BCUT2D eigenvalue weighted by Crippen LogP contribution is -2.47. The molecular formula is C19H38N2. The smallest absolute Gasteiger partial charge is 0.0131 e. The predicted molar refractivity (Wildman–Crippen MR) is 92.6 cm³/mol. The van der Waals surface area contributed by atoms with Crippen LogP contribution in [0.1, 0.15) is 73.6 Å². The number of hydrogen-bond donors (Lipinski definition) is 1. The molecule has 2 heteroatoms. The highest BCUT2D eigenvalue weighted by atomic mass is 15.1. The van der Waals surface area contributed by atoms with Gasteiger partial charge in [0.2, 0.25) is 0 Å². The van der Waals surface area contributed by atoms with Gasteiger partial charge < -0.3 is 10.2 Å². The van der Waals surface area contributed by atoms with Gasteiger partial charge in [-0.15, -0.1) is 0 Å². The van der Waals surface area contributed by atoms with Crippen molar-refractivity contribution in [2.75, 3.05) is 19.6 Å². The summed E-state index contributed by atoms with van der Waals surface area (Å²) in [6.45, 7) is 18.1. The predicted octanol–water partition coefficient (Wildman–Crippen LogP) is 4.30. The van der Waals surface area contributed by atoms with Crippen molar-refractivity contribution in [3.63, 3.8) is 0 Å². The van der Waals surface area contributed by atoms with Crippen molar-refractivity contribution in [1.82, 2.24) is 10.2 Å². The molecule has 0 radical (unpaired) electrons. The van der Waals surface area contributed by atoms with Crippen molar-refractivity contribution in [3.05, 3.63) is 0 Å². The topological polar surface area (TPSA) is 15.3 Å². The lowest BCUT2D eigenvalue weighted by Gasteiger charge is -2.41. The van der Waals surface area contributed by atoms with E-state index >= 15 is 0 Å². The number of hydrogen-bond acceptors (Lipinski definition) is 2. The summed E-state index contributed by atoms with van der Waals surface area (Å²) in [6.07, 6.45) is 6.93. The third-order valence-corrected chi connectivity index (χ3v) is 7.29. The molecule has 2 nitrogen and oxygen atoms in total. The molecule has 4 unspecified atom stereocenters. The molecule has 1 N–H and O–H groups in total. The molecule has 2 saturated carbocycles. The van der Waals surface area contributed by atoms with Gasteiger partial charge in [-0.2, -0.15) is 0 Å². The molecular weight excluding hydrogens is 256 g/mol. The summed E-state index contributed by atoms with van der Waals surface area (Å²) < 4.78 is 0. The molecule has 124 valence electrons. The maximum atomic E-state index is 4.00. The van der Waals surface area contributed by atoms with E-state index in [0.29, 0.717) is 16.9 Å². The van der Waals surface area contributed by atoms with Gasteiger partial charge in [-0.1, -0.05) is 34.6 Å². The first-order chi connectivity index (χ1) is 9.85. The molecule has 0 heterocycles. The summed E-state index contributed by atoms with van der Waals surface area (Å²) in [5.41, 5.74) is 1.05. The molecule has 0 aromatic rings. The quantitative estimate of drug-likeness (QED) is 0.718. The van der Waals surface area contributed by atoms with Gasteiger partial charge in [-0.05, 0) is 75.4 Å². The Morgan fingerprint density at radius 1 is 1.19 bits per heavy atom. The maximum Gasteiger partial charge on any atom is 0.0131 e. The minimum absolute atomic E-state index is 0.519. The Morgan fingerprint density at radius 3 is 2.33 bits per heavy atom. The van der Waals surface area contributed by atoms with Crippen LogP contribution in [0.5, 0.6) is 0 Å². The van der Waals surface area contributed by atoms with Gasteiger partial charge in [0.05, 0.1) is 0 Å². The van der Waals surface area contributed by atoms with Crippen LogP contribution in [0, 0.1) is 16.7 Å². The lowest BCUT2D eigenvalue weighted by atomic mass is 9.69. The zero-order valence-electron chi connectivity index (χ0n) is 15.3. The van der Waals surface area contributed by atoms with Crippen LogP contribution in [-0.2, 0) is 0 Å². The van der Waals surface area contributed by atoms with Gasteiger partial charge in [0.1, 0.15) is 0 Å². The van der Waals surface area contributed by atoms with E-state index in [0.717, 1.165) is 12.0 Å². The Balaban J connectivity index is 1.78. The van der Waals surface area contributed by atoms with Crippen LogP contribution in [0.15, 0.2) is 0 Å². The van der Waals surface area contributed by atoms with Crippen LogP contribution in [0.25, 0.3) is 0 Å². The van der Waals surface area contributed by atoms with Gasteiger partial charge in [0.25, 0.3) is 0 Å². The molecule has 2 fully saturated rings. The van der Waals surface area contributed by atoms with E-state index in [1.165, 1.54) is 51.7 Å². The van der Waals surface area contributed by atoms with Crippen LogP contribution in [0.2, 0.25) is 0 Å². The van der Waals surface area contributed by atoms with E-state index < -0.39 is 0 Å². The maximum absolute atomic E-state index is 4.00. The van der Waals surface area contributed by atoms with Gasteiger partial charge in [0, 0.05) is 12.1 Å². The van der Waals surface area contributed by atoms with Crippen molar-refractivity contribution in [2.45, 2.75) is 85.7 Å². The highest BCUT2D eigenvalue weighted by Gasteiger charge is 2.61. The number of fused-ring (bicyclic) bond motifs is 2. The largest absolute Gasteiger partial charge is 0.311 e. The summed E-state index contributed by atoms with van der Waals surface area (Å²) in [5.74, 6) is 0.947. The van der Waals surface area contributed by atoms with Crippen molar-refractivity contribution >= 4 is 0 Å². The zero-order valence-corrected chi connectivity index (χ0v) is 15.3. The van der Waals surface area contributed by atoms with E-state index in [1.807, 2.05) is 0 Å². The summed E-state index contributed by atoms with van der Waals surface area (Å²) in [4.78, 5) is 2.54. The second-order valence-electron chi connectivity index (χ2n) is 8.40. The second-order valence-corrected chi connectivity index (χ2v) is 8.40. The van der Waals surface area contributed by atoms with Gasteiger partial charge in [-0.25, -0.2) is 0 Å². The summed E-state index contributed by atoms with van der Waals surface area (Å²) in [6, 6.07) is 1.41. The average molecular weight is 295 g/mol. The molecule has 21 heavy (non-hydrogen) atoms. The number of nitrogens with one attached hydrogen (secondary N) is 1. The van der Waals surface area contributed by atoms with E-state index in [-0.39, 0.29) is 0 Å². The van der Waals surface area contributed by atoms with Gasteiger partial charge in [0.15, 0.2) is 0 Å². The summed E-state index contributed by atoms with van der Waals surface area (Å²) in [7, 11) is 0. The first kappa shape index (κ1) is 17.3. The molecule has 0 aromatic heterocycles. The molecule has 0 saturated heterocycles. The fourth-order valence-corrected chi connectivity index (χ4v) is 5.04. The second kappa shape index (κ2) is 6.58. The summed E-state index contributed by atoms with van der Waals surface area (Å²) >= 11 is 0. The van der Waals surface area contributed by atoms with Crippen LogP contribution >= 0.6 is 0 Å². The monoisotopic (exact) mass is 294 g/mol. The molecule has 0 aromatic carbocycles. The molecule has 0 spiro atoms. The van der Waals surface area contributed by atoms with Gasteiger partial charge >= 0.3 is 0 Å². The molecule has 2 aliphatic carbocycles. The van der Waals surface area contributed by atoms with E-state index in [4.69, 9.17) is 0 Å². The molecule has 4 atom stereocenters. The van der Waals surface area contributed by atoms with E-state index in [1.54, 1.807) is 0 Å². The van der Waals surface area contributed by atoms with Crippen molar-refractivity contribution in [1.29, 1.82) is 0 Å². The Morgan fingerprint density at radius 2 is 1.86 bits per heavy atom. The standard InChI is InChI=1S/C19H38N2/c1-7-21(8-2)13-9-10-15(3)20-17-14-16-11-12-19(17,6)18(16,4)5/h15-17,20H,7-14H2,1-6H3. The zero-order chi connectivity index (χ0) is 15.7. The van der Waals surface area contributed by atoms with Crippen LogP contribution in [-0.4, -0.2) is 36.6 Å². The fraction of sp³-hybridized carbons (Fsp3) is 1.00. The molecule has 0 aliphatic heterocycles. The van der Waals surface area contributed by atoms with Crippen molar-refractivity contribution in [2.24, 2.45) is 16.7 Å². The average Bonchev–Trinajstić information content (AvgIpc) is 2.77. The Hall–Kier alpha value is -0.0800. The van der Waals surface area contributed by atoms with Gasteiger partial charge in [-0.3, -0.25) is 0 Å². The lowest BCUT2D eigenvalue weighted by molar-refractivity contribution is 0.115. The van der Waals surface area contributed by atoms with E-state index in [9.17, 15) is 0 Å². The first-order valence-corrected chi connectivity index (χ1v) is 9.33. The Kier molecular flexibility index (Phi) is 5.41. The van der Waals surface area contributed by atoms with Crippen LogP contribution < -0.4 is 5.32 Å². The third kappa shape index (κ3) is 3.17. The molecule has 2 aliphatic rings. The number of rotatable bonds is 8. The minimum Gasteiger partial charge on any atom is -0.311 e. The molecule has 2 bridgehead atoms. The van der Waals surface area contributed by atoms with Crippen LogP contribution in [0.3, 0.4) is 0 Å². The van der Waals surface area contributed by atoms with Crippen LogP contribution in [0.4, 0.5) is 0 Å². The summed E-state index contributed by atoms with van der Waals surface area (Å²) in [5, 5.41) is 4.00. The van der Waals surface area contributed by atoms with E-state index in [2.05, 4.69) is 51.8 Å². The van der Waals surface area contributed by atoms with Crippen molar-refractivity contribution < 1.29 is 0 Å². The highest BCUT2D eigenvalue weighted by Crippen LogP contribution is 2.65. The minimum atomic E-state index is 0.519.